The number of urea groups is 1. The van der Waals surface area contributed by atoms with Crippen LogP contribution in [0.1, 0.15) is 18.1 Å². The molecule has 4 heteroatoms. The van der Waals surface area contributed by atoms with Crippen molar-refractivity contribution in [3.8, 4) is 0 Å². The highest BCUT2D eigenvalue weighted by Gasteiger charge is 1.98. The van der Waals surface area contributed by atoms with Gasteiger partial charge in [0, 0.05) is 5.69 Å². The summed E-state index contributed by atoms with van der Waals surface area (Å²) >= 11 is 0. The first-order valence-electron chi connectivity index (χ1n) is 6.52. The molecular formula is C16H17N3O. The predicted molar refractivity (Wildman–Crippen MR) is 82.0 cm³/mol. The van der Waals surface area contributed by atoms with Gasteiger partial charge >= 0.3 is 6.03 Å². The van der Waals surface area contributed by atoms with Crippen molar-refractivity contribution in [3.63, 3.8) is 0 Å². The highest BCUT2D eigenvalue weighted by molar-refractivity contribution is 5.90. The predicted octanol–water partition coefficient (Wildman–Crippen LogP) is 3.40. The number of benzene rings is 2. The second-order valence-corrected chi connectivity index (χ2v) is 4.29. The molecule has 102 valence electrons. The van der Waals surface area contributed by atoms with Crippen LogP contribution in [0.3, 0.4) is 0 Å². The summed E-state index contributed by atoms with van der Waals surface area (Å²) in [4.78, 5) is 11.6. The van der Waals surface area contributed by atoms with Gasteiger partial charge in [0.25, 0.3) is 0 Å². The molecule has 2 aromatic rings. The Labute approximate surface area is 118 Å². The summed E-state index contributed by atoms with van der Waals surface area (Å²) in [5.74, 6) is 0. The van der Waals surface area contributed by atoms with E-state index in [1.807, 2.05) is 54.6 Å². The molecule has 2 rings (SSSR count). The Hall–Kier alpha value is -2.62. The third-order valence-corrected chi connectivity index (χ3v) is 2.80. The summed E-state index contributed by atoms with van der Waals surface area (Å²) < 4.78 is 0. The number of aryl methyl sites for hydroxylation is 1. The van der Waals surface area contributed by atoms with Gasteiger partial charge in [-0.25, -0.2) is 10.2 Å². The Morgan fingerprint density at radius 1 is 1.10 bits per heavy atom. The van der Waals surface area contributed by atoms with Gasteiger partial charge < -0.3 is 5.32 Å². The van der Waals surface area contributed by atoms with Crippen molar-refractivity contribution in [1.29, 1.82) is 0 Å². The average Bonchev–Trinajstić information content (AvgIpc) is 2.49. The van der Waals surface area contributed by atoms with Crippen molar-refractivity contribution in [2.45, 2.75) is 13.3 Å². The Kier molecular flexibility index (Phi) is 4.89. The molecule has 2 aromatic carbocycles. The first-order valence-corrected chi connectivity index (χ1v) is 6.52. The Balaban J connectivity index is 1.84. The van der Waals surface area contributed by atoms with E-state index in [0.717, 1.165) is 17.7 Å². The number of para-hydroxylation sites is 1. The number of carbonyl (C=O) groups excluding carboxylic acids is 1. The van der Waals surface area contributed by atoms with Gasteiger partial charge in [0.15, 0.2) is 0 Å². The maximum absolute atomic E-state index is 11.6. The average molecular weight is 267 g/mol. The van der Waals surface area contributed by atoms with Crippen molar-refractivity contribution >= 4 is 17.9 Å². The molecule has 0 aromatic heterocycles. The zero-order chi connectivity index (χ0) is 14.2. The van der Waals surface area contributed by atoms with Crippen molar-refractivity contribution < 1.29 is 4.79 Å². The van der Waals surface area contributed by atoms with Gasteiger partial charge in [0.2, 0.25) is 0 Å². The van der Waals surface area contributed by atoms with E-state index in [2.05, 4.69) is 22.8 Å². The molecule has 2 N–H and O–H groups in total. The van der Waals surface area contributed by atoms with Crippen LogP contribution in [-0.4, -0.2) is 12.2 Å². The number of anilines is 1. The van der Waals surface area contributed by atoms with Crippen molar-refractivity contribution in [2.24, 2.45) is 5.10 Å². The zero-order valence-corrected chi connectivity index (χ0v) is 11.3. The van der Waals surface area contributed by atoms with Crippen LogP contribution in [0.25, 0.3) is 0 Å². The third kappa shape index (κ3) is 4.24. The SMILES string of the molecule is CCc1ccc(/C=N/NC(=O)Nc2ccccc2)cc1. The van der Waals surface area contributed by atoms with Gasteiger partial charge in [-0.05, 0) is 29.7 Å². The normalized spacial score (nSPS) is 10.4. The fourth-order valence-corrected chi connectivity index (χ4v) is 1.69. The molecule has 4 nitrogen and oxygen atoms in total. The van der Waals surface area contributed by atoms with Crippen LogP contribution in [0.4, 0.5) is 10.5 Å². The third-order valence-electron chi connectivity index (χ3n) is 2.80. The summed E-state index contributed by atoms with van der Waals surface area (Å²) in [6, 6.07) is 16.9. The van der Waals surface area contributed by atoms with Crippen LogP contribution >= 0.6 is 0 Å². The largest absolute Gasteiger partial charge is 0.339 e. The lowest BCUT2D eigenvalue weighted by Crippen LogP contribution is -2.24. The fraction of sp³-hybridized carbons (Fsp3) is 0.125. The van der Waals surface area contributed by atoms with E-state index in [0.29, 0.717) is 0 Å². The van der Waals surface area contributed by atoms with Crippen LogP contribution in [-0.2, 0) is 6.42 Å². The Bertz CT molecular complexity index is 576. The van der Waals surface area contributed by atoms with Crippen LogP contribution < -0.4 is 10.7 Å². The molecule has 0 heterocycles. The number of hydrazone groups is 1. The maximum atomic E-state index is 11.6. The molecule has 0 radical (unpaired) electrons. The van der Waals surface area contributed by atoms with Crippen LogP contribution in [0.5, 0.6) is 0 Å². The lowest BCUT2D eigenvalue weighted by atomic mass is 10.1. The first-order chi connectivity index (χ1) is 9.78. The fourth-order valence-electron chi connectivity index (χ4n) is 1.69. The lowest BCUT2D eigenvalue weighted by molar-refractivity contribution is 0.252. The van der Waals surface area contributed by atoms with E-state index in [-0.39, 0.29) is 6.03 Å². The molecule has 0 aliphatic heterocycles. The molecule has 0 saturated heterocycles. The highest BCUT2D eigenvalue weighted by atomic mass is 16.2. The van der Waals surface area contributed by atoms with E-state index in [4.69, 9.17) is 0 Å². The van der Waals surface area contributed by atoms with E-state index >= 15 is 0 Å². The smallest absolute Gasteiger partial charge is 0.307 e. The van der Waals surface area contributed by atoms with Gasteiger partial charge in [-0.1, -0.05) is 49.4 Å². The van der Waals surface area contributed by atoms with Gasteiger partial charge in [-0.3, -0.25) is 0 Å². The van der Waals surface area contributed by atoms with Crippen LogP contribution in [0, 0.1) is 0 Å². The van der Waals surface area contributed by atoms with E-state index in [1.54, 1.807) is 6.21 Å². The van der Waals surface area contributed by atoms with Gasteiger partial charge in [0.05, 0.1) is 6.21 Å². The summed E-state index contributed by atoms with van der Waals surface area (Å²) in [7, 11) is 0. The summed E-state index contributed by atoms with van der Waals surface area (Å²) in [5.41, 5.74) is 5.38. The van der Waals surface area contributed by atoms with E-state index in [1.165, 1.54) is 5.56 Å². The molecule has 0 fully saturated rings. The minimum Gasteiger partial charge on any atom is -0.307 e. The molecule has 0 spiro atoms. The van der Waals surface area contributed by atoms with Crippen LogP contribution in [0.2, 0.25) is 0 Å². The molecule has 0 bridgehead atoms. The number of nitrogens with one attached hydrogen (secondary N) is 2. The van der Waals surface area contributed by atoms with Gasteiger partial charge in [0.1, 0.15) is 0 Å². The van der Waals surface area contributed by atoms with Crippen molar-refractivity contribution in [2.75, 3.05) is 5.32 Å². The molecule has 0 unspecified atom stereocenters. The molecular weight excluding hydrogens is 250 g/mol. The summed E-state index contributed by atoms with van der Waals surface area (Å²) in [6.07, 6.45) is 2.62. The quantitative estimate of drug-likeness (QED) is 0.647. The number of nitrogens with zero attached hydrogens (tertiary/aromatic N) is 1. The molecule has 0 aliphatic carbocycles. The minimum absolute atomic E-state index is 0.363. The Morgan fingerprint density at radius 2 is 1.80 bits per heavy atom. The lowest BCUT2D eigenvalue weighted by Gasteiger charge is -2.03. The van der Waals surface area contributed by atoms with Crippen molar-refractivity contribution in [1.82, 2.24) is 5.43 Å². The monoisotopic (exact) mass is 267 g/mol. The van der Waals surface area contributed by atoms with Crippen molar-refractivity contribution in [3.05, 3.63) is 65.7 Å². The maximum Gasteiger partial charge on any atom is 0.339 e. The Morgan fingerprint density at radius 3 is 2.45 bits per heavy atom. The van der Waals surface area contributed by atoms with E-state index in [9.17, 15) is 4.79 Å². The van der Waals surface area contributed by atoms with Gasteiger partial charge in [-0.2, -0.15) is 5.10 Å². The molecule has 2 amide bonds. The van der Waals surface area contributed by atoms with Gasteiger partial charge in [-0.15, -0.1) is 0 Å². The second-order valence-electron chi connectivity index (χ2n) is 4.29. The van der Waals surface area contributed by atoms with E-state index < -0.39 is 0 Å². The second kappa shape index (κ2) is 7.09. The highest BCUT2D eigenvalue weighted by Crippen LogP contribution is 2.04. The standard InChI is InChI=1S/C16H17N3O/c1-2-13-8-10-14(11-9-13)12-17-19-16(20)18-15-6-4-3-5-7-15/h3-12H,2H2,1H3,(H2,18,19,20)/b17-12+. The number of amides is 2. The molecule has 0 saturated carbocycles. The summed E-state index contributed by atoms with van der Waals surface area (Å²) in [5, 5.41) is 6.59. The topological polar surface area (TPSA) is 53.5 Å². The minimum atomic E-state index is -0.363. The number of hydrogen-bond donors (Lipinski definition) is 2. The number of carbonyl (C=O) groups is 1. The number of hydrogen-bond acceptors (Lipinski definition) is 2. The van der Waals surface area contributed by atoms with Crippen LogP contribution in [0.15, 0.2) is 59.7 Å². The molecule has 0 aliphatic rings. The first kappa shape index (κ1) is 13.8. The molecule has 20 heavy (non-hydrogen) atoms. The zero-order valence-electron chi connectivity index (χ0n) is 11.3. The number of rotatable bonds is 4. The summed E-state index contributed by atoms with van der Waals surface area (Å²) in [6.45, 7) is 2.11. The molecule has 0 atom stereocenters.